The molecule has 1 aromatic carbocycles. The monoisotopic (exact) mass is 384 g/mol. The van der Waals surface area contributed by atoms with Crippen molar-refractivity contribution in [3.05, 3.63) is 48.2 Å². The second-order valence-electron chi connectivity index (χ2n) is 6.88. The Morgan fingerprint density at radius 2 is 1.93 bits per heavy atom. The van der Waals surface area contributed by atoms with Crippen molar-refractivity contribution in [3.8, 4) is 0 Å². The lowest BCUT2D eigenvalue weighted by atomic mass is 10.0. The first-order valence-corrected chi connectivity index (χ1v) is 9.51. The SMILES string of the molecule is CCc1cc(N2CCC(Nc3nc(C(F)F)nc4ccccc34)CC2)ncn1. The van der Waals surface area contributed by atoms with E-state index in [1.54, 1.807) is 18.5 Å². The summed E-state index contributed by atoms with van der Waals surface area (Å²) in [6.45, 7) is 3.74. The maximum absolute atomic E-state index is 13.2. The van der Waals surface area contributed by atoms with Crippen LogP contribution < -0.4 is 10.2 Å². The fourth-order valence-corrected chi connectivity index (χ4v) is 3.50. The molecule has 146 valence electrons. The lowest BCUT2D eigenvalue weighted by molar-refractivity contribution is 0.141. The number of alkyl halides is 2. The van der Waals surface area contributed by atoms with Crippen LogP contribution in [0.5, 0.6) is 0 Å². The molecular weight excluding hydrogens is 362 g/mol. The minimum absolute atomic E-state index is 0.160. The summed E-state index contributed by atoms with van der Waals surface area (Å²) in [5.74, 6) is 0.985. The van der Waals surface area contributed by atoms with Gasteiger partial charge in [0.15, 0.2) is 5.82 Å². The zero-order valence-corrected chi connectivity index (χ0v) is 15.6. The fraction of sp³-hybridized carbons (Fsp3) is 0.400. The van der Waals surface area contributed by atoms with Crippen LogP contribution in [0.15, 0.2) is 36.7 Å². The normalized spacial score (nSPS) is 15.4. The summed E-state index contributed by atoms with van der Waals surface area (Å²) in [5, 5.41) is 4.13. The molecule has 1 N–H and O–H groups in total. The zero-order chi connectivity index (χ0) is 19.5. The molecule has 0 atom stereocenters. The molecule has 0 spiro atoms. The summed E-state index contributed by atoms with van der Waals surface area (Å²) in [4.78, 5) is 18.9. The van der Waals surface area contributed by atoms with Gasteiger partial charge in [-0.1, -0.05) is 19.1 Å². The fourth-order valence-electron chi connectivity index (χ4n) is 3.50. The Labute approximate surface area is 162 Å². The molecule has 0 aliphatic carbocycles. The van der Waals surface area contributed by atoms with Gasteiger partial charge in [-0.15, -0.1) is 0 Å². The molecule has 0 radical (unpaired) electrons. The predicted octanol–water partition coefficient (Wildman–Crippen LogP) is 4.00. The number of benzene rings is 1. The lowest BCUT2D eigenvalue weighted by Crippen LogP contribution is -2.39. The van der Waals surface area contributed by atoms with Gasteiger partial charge >= 0.3 is 0 Å². The average Bonchev–Trinajstić information content (AvgIpc) is 2.74. The van der Waals surface area contributed by atoms with Gasteiger partial charge in [-0.25, -0.2) is 28.7 Å². The standard InChI is InChI=1S/C20H22F2N6/c1-2-13-11-17(24-12-23-13)28-9-7-14(8-10-28)25-19-15-5-3-4-6-16(15)26-20(27-19)18(21)22/h3-6,11-12,14,18H,2,7-10H2,1H3,(H,25,26,27). The minimum Gasteiger partial charge on any atom is -0.367 e. The van der Waals surface area contributed by atoms with E-state index in [2.05, 4.69) is 37.1 Å². The van der Waals surface area contributed by atoms with Crippen LogP contribution in [0, 0.1) is 0 Å². The van der Waals surface area contributed by atoms with Crippen molar-refractivity contribution in [2.24, 2.45) is 0 Å². The Hall–Kier alpha value is -2.90. The third-order valence-electron chi connectivity index (χ3n) is 5.05. The van der Waals surface area contributed by atoms with E-state index in [1.165, 1.54) is 0 Å². The van der Waals surface area contributed by atoms with Gasteiger partial charge in [0.1, 0.15) is 18.0 Å². The van der Waals surface area contributed by atoms with E-state index >= 15 is 0 Å². The molecule has 3 aromatic rings. The highest BCUT2D eigenvalue weighted by Crippen LogP contribution is 2.27. The molecule has 3 heterocycles. The summed E-state index contributed by atoms with van der Waals surface area (Å²) < 4.78 is 26.4. The topological polar surface area (TPSA) is 66.8 Å². The van der Waals surface area contributed by atoms with Gasteiger partial charge in [0.25, 0.3) is 6.43 Å². The second-order valence-corrected chi connectivity index (χ2v) is 6.88. The number of anilines is 2. The molecule has 6 nitrogen and oxygen atoms in total. The highest BCUT2D eigenvalue weighted by molar-refractivity contribution is 5.89. The number of hydrogen-bond acceptors (Lipinski definition) is 6. The molecule has 2 aromatic heterocycles. The maximum atomic E-state index is 13.2. The van der Waals surface area contributed by atoms with Crippen molar-refractivity contribution >= 4 is 22.5 Å². The van der Waals surface area contributed by atoms with Gasteiger partial charge in [0.2, 0.25) is 0 Å². The van der Waals surface area contributed by atoms with Gasteiger partial charge < -0.3 is 10.2 Å². The number of rotatable bonds is 5. The molecule has 0 amide bonds. The van der Waals surface area contributed by atoms with E-state index in [4.69, 9.17) is 0 Å². The lowest BCUT2D eigenvalue weighted by Gasteiger charge is -2.33. The number of para-hydroxylation sites is 1. The molecule has 1 aliphatic rings. The van der Waals surface area contributed by atoms with Crippen LogP contribution in [-0.2, 0) is 6.42 Å². The minimum atomic E-state index is -2.70. The number of aromatic nitrogens is 4. The number of halogens is 2. The number of fused-ring (bicyclic) bond motifs is 1. The van der Waals surface area contributed by atoms with Gasteiger partial charge in [0, 0.05) is 36.3 Å². The molecule has 28 heavy (non-hydrogen) atoms. The zero-order valence-electron chi connectivity index (χ0n) is 15.6. The van der Waals surface area contributed by atoms with E-state index in [0.29, 0.717) is 11.3 Å². The summed E-state index contributed by atoms with van der Waals surface area (Å²) in [7, 11) is 0. The molecule has 1 aliphatic heterocycles. The highest BCUT2D eigenvalue weighted by Gasteiger charge is 2.22. The van der Waals surface area contributed by atoms with Crippen LogP contribution in [0.3, 0.4) is 0 Å². The summed E-state index contributed by atoms with van der Waals surface area (Å²) in [5.41, 5.74) is 1.55. The van der Waals surface area contributed by atoms with Crippen molar-refractivity contribution in [3.63, 3.8) is 0 Å². The van der Waals surface area contributed by atoms with Crippen LogP contribution in [-0.4, -0.2) is 39.1 Å². The van der Waals surface area contributed by atoms with Gasteiger partial charge in [-0.05, 0) is 31.4 Å². The number of hydrogen-bond donors (Lipinski definition) is 1. The molecule has 0 unspecified atom stereocenters. The van der Waals surface area contributed by atoms with Crippen molar-refractivity contribution in [2.75, 3.05) is 23.3 Å². The van der Waals surface area contributed by atoms with Crippen molar-refractivity contribution in [2.45, 2.75) is 38.7 Å². The quantitative estimate of drug-likeness (QED) is 0.717. The van der Waals surface area contributed by atoms with Gasteiger partial charge in [-0.2, -0.15) is 0 Å². The Kier molecular flexibility index (Phi) is 5.27. The maximum Gasteiger partial charge on any atom is 0.297 e. The van der Waals surface area contributed by atoms with Crippen molar-refractivity contribution in [1.29, 1.82) is 0 Å². The van der Waals surface area contributed by atoms with Crippen LogP contribution >= 0.6 is 0 Å². The third-order valence-corrected chi connectivity index (χ3v) is 5.05. The van der Waals surface area contributed by atoms with Crippen LogP contribution in [0.4, 0.5) is 20.4 Å². The highest BCUT2D eigenvalue weighted by atomic mass is 19.3. The largest absolute Gasteiger partial charge is 0.367 e. The number of nitrogens with zero attached hydrogens (tertiary/aromatic N) is 5. The first kappa shape index (κ1) is 18.5. The third kappa shape index (κ3) is 3.85. The molecule has 0 saturated carbocycles. The Bertz CT molecular complexity index is 956. The molecule has 4 rings (SSSR count). The Morgan fingerprint density at radius 3 is 2.68 bits per heavy atom. The number of aryl methyl sites for hydroxylation is 1. The van der Waals surface area contributed by atoms with E-state index in [-0.39, 0.29) is 6.04 Å². The van der Waals surface area contributed by atoms with Crippen LogP contribution in [0.25, 0.3) is 10.9 Å². The number of piperidine rings is 1. The van der Waals surface area contributed by atoms with E-state index in [0.717, 1.165) is 49.2 Å². The number of nitrogens with one attached hydrogen (secondary N) is 1. The van der Waals surface area contributed by atoms with Crippen LogP contribution in [0.2, 0.25) is 0 Å². The summed E-state index contributed by atoms with van der Waals surface area (Å²) >= 11 is 0. The van der Waals surface area contributed by atoms with Gasteiger partial charge in [0.05, 0.1) is 5.52 Å². The molecular formula is C20H22F2N6. The Balaban J connectivity index is 1.49. The molecule has 1 fully saturated rings. The van der Waals surface area contributed by atoms with Crippen LogP contribution in [0.1, 0.15) is 37.7 Å². The first-order chi connectivity index (χ1) is 13.6. The van der Waals surface area contributed by atoms with E-state index < -0.39 is 12.2 Å². The van der Waals surface area contributed by atoms with E-state index in [9.17, 15) is 8.78 Å². The first-order valence-electron chi connectivity index (χ1n) is 9.51. The Morgan fingerprint density at radius 1 is 1.14 bits per heavy atom. The van der Waals surface area contributed by atoms with Gasteiger partial charge in [-0.3, -0.25) is 0 Å². The predicted molar refractivity (Wildman–Crippen MR) is 105 cm³/mol. The summed E-state index contributed by atoms with van der Waals surface area (Å²) in [6, 6.07) is 9.43. The van der Waals surface area contributed by atoms with Crippen molar-refractivity contribution in [1.82, 2.24) is 19.9 Å². The molecule has 1 saturated heterocycles. The second kappa shape index (κ2) is 8.00. The smallest absolute Gasteiger partial charge is 0.297 e. The molecule has 8 heteroatoms. The summed E-state index contributed by atoms with van der Waals surface area (Å²) in [6.07, 6.45) is 1.53. The van der Waals surface area contributed by atoms with Crippen molar-refractivity contribution < 1.29 is 8.78 Å². The molecule has 0 bridgehead atoms. The van der Waals surface area contributed by atoms with E-state index in [1.807, 2.05) is 18.2 Å². The average molecular weight is 384 g/mol.